The van der Waals surface area contributed by atoms with Gasteiger partial charge in [-0.05, 0) is 42.7 Å². The van der Waals surface area contributed by atoms with E-state index >= 15 is 0 Å². The molecule has 1 saturated heterocycles. The van der Waals surface area contributed by atoms with Gasteiger partial charge in [-0.2, -0.15) is 0 Å². The Labute approximate surface area is 129 Å². The van der Waals surface area contributed by atoms with Crippen LogP contribution in [0.2, 0.25) is 0 Å². The molecule has 2 aromatic rings. The number of aryl methyl sites for hydroxylation is 1. The predicted octanol–water partition coefficient (Wildman–Crippen LogP) is 3.21. The Bertz CT molecular complexity index is 730. The maximum atomic E-state index is 12.4. The molecule has 0 atom stereocenters. The van der Waals surface area contributed by atoms with E-state index in [9.17, 15) is 14.7 Å². The molecule has 2 aromatic carbocycles. The quantitative estimate of drug-likeness (QED) is 0.946. The van der Waals surface area contributed by atoms with Crippen molar-refractivity contribution in [3.63, 3.8) is 0 Å². The van der Waals surface area contributed by atoms with Gasteiger partial charge in [-0.15, -0.1) is 0 Å². The van der Waals surface area contributed by atoms with Crippen molar-refractivity contribution in [3.8, 4) is 11.1 Å². The molecule has 1 aliphatic rings. The molecule has 4 heteroatoms. The summed E-state index contributed by atoms with van der Waals surface area (Å²) < 4.78 is 0. The summed E-state index contributed by atoms with van der Waals surface area (Å²) in [5.74, 6) is -1.12. The number of amides is 1. The molecule has 22 heavy (non-hydrogen) atoms. The van der Waals surface area contributed by atoms with Crippen LogP contribution in [0.3, 0.4) is 0 Å². The van der Waals surface area contributed by atoms with Gasteiger partial charge in [-0.3, -0.25) is 4.79 Å². The summed E-state index contributed by atoms with van der Waals surface area (Å²) in [7, 11) is 0. The zero-order valence-electron chi connectivity index (χ0n) is 12.4. The second-order valence-electron chi connectivity index (χ2n) is 5.62. The van der Waals surface area contributed by atoms with Gasteiger partial charge < -0.3 is 10.0 Å². The lowest BCUT2D eigenvalue weighted by Gasteiger charge is -2.31. The first kappa shape index (κ1) is 14.3. The molecule has 0 saturated carbocycles. The molecule has 112 valence electrons. The van der Waals surface area contributed by atoms with E-state index in [-0.39, 0.29) is 11.5 Å². The van der Waals surface area contributed by atoms with Crippen molar-refractivity contribution in [2.75, 3.05) is 13.1 Å². The van der Waals surface area contributed by atoms with Gasteiger partial charge in [-0.1, -0.05) is 29.8 Å². The van der Waals surface area contributed by atoms with Crippen LogP contribution in [0.15, 0.2) is 42.5 Å². The average Bonchev–Trinajstić information content (AvgIpc) is 2.45. The standard InChI is InChI=1S/C18H17NO3/c1-12-3-5-13(6-4-12)14-9-15(11-16(10-14)18(21)22)17(20)19-7-2-8-19/h3-6,9-11H,2,7-8H2,1H3,(H,21,22). The lowest BCUT2D eigenvalue weighted by molar-refractivity contribution is 0.0652. The summed E-state index contributed by atoms with van der Waals surface area (Å²) >= 11 is 0. The number of carbonyl (C=O) groups excluding carboxylic acids is 1. The number of hydrogen-bond acceptors (Lipinski definition) is 2. The van der Waals surface area contributed by atoms with E-state index in [0.29, 0.717) is 5.56 Å². The van der Waals surface area contributed by atoms with Crippen LogP contribution in [0.25, 0.3) is 11.1 Å². The molecule has 1 fully saturated rings. The third-order valence-electron chi connectivity index (χ3n) is 3.96. The molecule has 0 aliphatic carbocycles. The van der Waals surface area contributed by atoms with Crippen molar-refractivity contribution in [3.05, 3.63) is 59.2 Å². The number of carboxylic acid groups (broad SMARTS) is 1. The fourth-order valence-electron chi connectivity index (χ4n) is 2.49. The Balaban J connectivity index is 2.05. The van der Waals surface area contributed by atoms with Gasteiger partial charge >= 0.3 is 5.97 Å². The van der Waals surface area contributed by atoms with Crippen molar-refractivity contribution in [2.45, 2.75) is 13.3 Å². The second kappa shape index (κ2) is 5.64. The van der Waals surface area contributed by atoms with Crippen molar-refractivity contribution < 1.29 is 14.7 Å². The number of carbonyl (C=O) groups is 2. The van der Waals surface area contributed by atoms with E-state index in [1.165, 1.54) is 6.07 Å². The third kappa shape index (κ3) is 2.72. The highest BCUT2D eigenvalue weighted by atomic mass is 16.4. The van der Waals surface area contributed by atoms with Gasteiger partial charge in [0.25, 0.3) is 5.91 Å². The smallest absolute Gasteiger partial charge is 0.335 e. The molecule has 3 rings (SSSR count). The van der Waals surface area contributed by atoms with Crippen LogP contribution in [-0.2, 0) is 0 Å². The van der Waals surface area contributed by atoms with Crippen LogP contribution in [0.4, 0.5) is 0 Å². The first-order chi connectivity index (χ1) is 10.5. The summed E-state index contributed by atoms with van der Waals surface area (Å²) in [6, 6.07) is 12.7. The van der Waals surface area contributed by atoms with Crippen LogP contribution in [-0.4, -0.2) is 35.0 Å². The largest absolute Gasteiger partial charge is 0.478 e. The molecule has 0 spiro atoms. The van der Waals surface area contributed by atoms with Gasteiger partial charge in [0, 0.05) is 18.7 Å². The number of carboxylic acids is 1. The monoisotopic (exact) mass is 295 g/mol. The van der Waals surface area contributed by atoms with Gasteiger partial charge in [-0.25, -0.2) is 4.79 Å². The van der Waals surface area contributed by atoms with E-state index in [4.69, 9.17) is 0 Å². The van der Waals surface area contributed by atoms with Crippen LogP contribution >= 0.6 is 0 Å². The highest BCUT2D eigenvalue weighted by Gasteiger charge is 2.23. The van der Waals surface area contributed by atoms with Gasteiger partial charge in [0.15, 0.2) is 0 Å². The van der Waals surface area contributed by atoms with E-state index in [0.717, 1.165) is 36.2 Å². The van der Waals surface area contributed by atoms with E-state index in [2.05, 4.69) is 0 Å². The highest BCUT2D eigenvalue weighted by molar-refractivity contribution is 5.99. The molecule has 1 N–H and O–H groups in total. The van der Waals surface area contributed by atoms with E-state index in [1.54, 1.807) is 17.0 Å². The molecule has 1 aliphatic heterocycles. The fourth-order valence-corrected chi connectivity index (χ4v) is 2.49. The molecule has 0 aromatic heterocycles. The number of hydrogen-bond donors (Lipinski definition) is 1. The molecular weight excluding hydrogens is 278 g/mol. The molecule has 4 nitrogen and oxygen atoms in total. The Morgan fingerprint density at radius 1 is 0.955 bits per heavy atom. The maximum absolute atomic E-state index is 12.4. The van der Waals surface area contributed by atoms with Crippen LogP contribution in [0.1, 0.15) is 32.7 Å². The van der Waals surface area contributed by atoms with Crippen LogP contribution in [0.5, 0.6) is 0 Å². The summed E-state index contributed by atoms with van der Waals surface area (Å²) in [4.78, 5) is 25.5. The molecule has 0 bridgehead atoms. The maximum Gasteiger partial charge on any atom is 0.335 e. The van der Waals surface area contributed by atoms with Crippen LogP contribution in [0, 0.1) is 6.92 Å². The number of aromatic carboxylic acids is 1. The summed E-state index contributed by atoms with van der Waals surface area (Å²) in [5, 5.41) is 9.29. The third-order valence-corrected chi connectivity index (χ3v) is 3.96. The Hall–Kier alpha value is -2.62. The van der Waals surface area contributed by atoms with Gasteiger partial charge in [0.2, 0.25) is 0 Å². The predicted molar refractivity (Wildman–Crippen MR) is 84.1 cm³/mol. The lowest BCUT2D eigenvalue weighted by atomic mass is 9.98. The molecule has 0 radical (unpaired) electrons. The normalized spacial score (nSPS) is 13.6. The average molecular weight is 295 g/mol. The summed E-state index contributed by atoms with van der Waals surface area (Å²) in [6.07, 6.45) is 1.01. The van der Waals surface area contributed by atoms with Gasteiger partial charge in [0.1, 0.15) is 0 Å². The molecule has 1 amide bonds. The molecule has 1 heterocycles. The second-order valence-corrected chi connectivity index (χ2v) is 5.62. The lowest BCUT2D eigenvalue weighted by Crippen LogP contribution is -2.42. The number of likely N-dealkylation sites (tertiary alicyclic amines) is 1. The summed E-state index contributed by atoms with van der Waals surface area (Å²) in [6.45, 7) is 3.49. The fraction of sp³-hybridized carbons (Fsp3) is 0.222. The van der Waals surface area contributed by atoms with Crippen LogP contribution < -0.4 is 0 Å². The Kier molecular flexibility index (Phi) is 3.67. The topological polar surface area (TPSA) is 57.6 Å². The Morgan fingerprint density at radius 3 is 2.14 bits per heavy atom. The number of nitrogens with zero attached hydrogens (tertiary/aromatic N) is 1. The SMILES string of the molecule is Cc1ccc(-c2cc(C(=O)O)cc(C(=O)N3CCC3)c2)cc1. The minimum atomic E-state index is -1.02. The van der Waals surface area contributed by atoms with Gasteiger partial charge in [0.05, 0.1) is 5.56 Å². The van der Waals surface area contributed by atoms with Crippen molar-refractivity contribution in [1.82, 2.24) is 4.90 Å². The number of benzene rings is 2. The van der Waals surface area contributed by atoms with E-state index < -0.39 is 5.97 Å². The van der Waals surface area contributed by atoms with Crippen molar-refractivity contribution in [2.24, 2.45) is 0 Å². The zero-order chi connectivity index (χ0) is 15.7. The minimum absolute atomic E-state index is 0.0947. The highest BCUT2D eigenvalue weighted by Crippen LogP contribution is 2.25. The summed E-state index contributed by atoms with van der Waals surface area (Å²) in [5.41, 5.74) is 3.38. The van der Waals surface area contributed by atoms with Crippen molar-refractivity contribution in [1.29, 1.82) is 0 Å². The molecular formula is C18H17NO3. The first-order valence-electron chi connectivity index (χ1n) is 7.29. The Morgan fingerprint density at radius 2 is 1.59 bits per heavy atom. The minimum Gasteiger partial charge on any atom is -0.478 e. The number of rotatable bonds is 3. The first-order valence-corrected chi connectivity index (χ1v) is 7.29. The molecule has 0 unspecified atom stereocenters. The van der Waals surface area contributed by atoms with Crippen molar-refractivity contribution >= 4 is 11.9 Å². The zero-order valence-corrected chi connectivity index (χ0v) is 12.4. The van der Waals surface area contributed by atoms with E-state index in [1.807, 2.05) is 31.2 Å².